The van der Waals surface area contributed by atoms with Crippen LogP contribution in [0, 0.1) is 0 Å². The third kappa shape index (κ3) is 16.3. The van der Waals surface area contributed by atoms with E-state index in [1.54, 1.807) is 0 Å². The van der Waals surface area contributed by atoms with Crippen molar-refractivity contribution in [1.29, 1.82) is 0 Å². The first kappa shape index (κ1) is 23.4. The van der Waals surface area contributed by atoms with Crippen LogP contribution < -0.4 is 5.73 Å². The van der Waals surface area contributed by atoms with Gasteiger partial charge in [-0.05, 0) is 6.42 Å². The average molecular weight is 342 g/mol. The third-order valence-electron chi connectivity index (χ3n) is 4.87. The van der Waals surface area contributed by atoms with Gasteiger partial charge in [0.15, 0.2) is 0 Å². The quantitative estimate of drug-likeness (QED) is 0.241. The largest absolute Gasteiger partial charge is 0.468 e. The SMILES string of the molecule is CCCCCCCCCCCCCCCCCCC(N)C(=O)OC. The summed E-state index contributed by atoms with van der Waals surface area (Å²) in [5.74, 6) is -0.282. The van der Waals surface area contributed by atoms with Crippen molar-refractivity contribution in [2.75, 3.05) is 7.11 Å². The summed E-state index contributed by atoms with van der Waals surface area (Å²) in [5.41, 5.74) is 5.71. The van der Waals surface area contributed by atoms with E-state index in [2.05, 4.69) is 11.7 Å². The molecule has 0 aromatic heterocycles. The van der Waals surface area contributed by atoms with Crippen molar-refractivity contribution in [2.45, 2.75) is 122 Å². The molecule has 0 aliphatic carbocycles. The number of ether oxygens (including phenoxy) is 1. The lowest BCUT2D eigenvalue weighted by atomic mass is 10.0. The smallest absolute Gasteiger partial charge is 0.322 e. The highest BCUT2D eigenvalue weighted by Crippen LogP contribution is 2.14. The van der Waals surface area contributed by atoms with E-state index in [9.17, 15) is 4.79 Å². The van der Waals surface area contributed by atoms with Gasteiger partial charge in [0.05, 0.1) is 7.11 Å². The number of methoxy groups -OCH3 is 1. The fourth-order valence-electron chi connectivity index (χ4n) is 3.18. The predicted octanol–water partition coefficient (Wildman–Crippen LogP) is 6.14. The Labute approximate surface area is 151 Å². The predicted molar refractivity (Wildman–Crippen MR) is 104 cm³/mol. The van der Waals surface area contributed by atoms with E-state index in [1.165, 1.54) is 103 Å². The first-order chi connectivity index (χ1) is 11.7. The van der Waals surface area contributed by atoms with Gasteiger partial charge in [0.1, 0.15) is 6.04 Å². The Balaban J connectivity index is 3.09. The van der Waals surface area contributed by atoms with Gasteiger partial charge in [0.25, 0.3) is 0 Å². The molecule has 0 amide bonds. The molecule has 0 radical (unpaired) electrons. The van der Waals surface area contributed by atoms with Crippen molar-refractivity contribution < 1.29 is 9.53 Å². The molecule has 0 saturated heterocycles. The molecular weight excluding hydrogens is 298 g/mol. The lowest BCUT2D eigenvalue weighted by molar-refractivity contribution is -0.142. The maximum absolute atomic E-state index is 11.2. The van der Waals surface area contributed by atoms with Crippen molar-refractivity contribution in [1.82, 2.24) is 0 Å². The second-order valence-electron chi connectivity index (χ2n) is 7.22. The molecule has 0 spiro atoms. The van der Waals surface area contributed by atoms with E-state index in [1.807, 2.05) is 0 Å². The fourth-order valence-corrected chi connectivity index (χ4v) is 3.18. The van der Waals surface area contributed by atoms with Crippen LogP contribution in [0.25, 0.3) is 0 Å². The summed E-state index contributed by atoms with van der Waals surface area (Å²) in [6, 6.07) is -0.429. The van der Waals surface area contributed by atoms with Gasteiger partial charge in [-0.25, -0.2) is 0 Å². The van der Waals surface area contributed by atoms with E-state index in [0.29, 0.717) is 0 Å². The summed E-state index contributed by atoms with van der Waals surface area (Å²) >= 11 is 0. The van der Waals surface area contributed by atoms with Crippen molar-refractivity contribution in [3.05, 3.63) is 0 Å². The van der Waals surface area contributed by atoms with E-state index in [-0.39, 0.29) is 5.97 Å². The van der Waals surface area contributed by atoms with Gasteiger partial charge < -0.3 is 10.5 Å². The highest BCUT2D eigenvalue weighted by Gasteiger charge is 2.12. The lowest BCUT2D eigenvalue weighted by Crippen LogP contribution is -2.31. The normalized spacial score (nSPS) is 12.3. The zero-order chi connectivity index (χ0) is 17.9. The van der Waals surface area contributed by atoms with Crippen LogP contribution in [0.5, 0.6) is 0 Å². The van der Waals surface area contributed by atoms with Crippen LogP contribution in [0.4, 0.5) is 0 Å². The van der Waals surface area contributed by atoms with Gasteiger partial charge in [0, 0.05) is 0 Å². The topological polar surface area (TPSA) is 52.3 Å². The van der Waals surface area contributed by atoms with Gasteiger partial charge >= 0.3 is 5.97 Å². The highest BCUT2D eigenvalue weighted by atomic mass is 16.5. The molecule has 1 atom stereocenters. The summed E-state index contributed by atoms with van der Waals surface area (Å²) in [5, 5.41) is 0. The number of carbonyl (C=O) groups excluding carboxylic acids is 1. The van der Waals surface area contributed by atoms with E-state index >= 15 is 0 Å². The number of hydrogen-bond acceptors (Lipinski definition) is 3. The molecule has 144 valence electrons. The summed E-state index contributed by atoms with van der Waals surface area (Å²) < 4.78 is 4.63. The molecule has 0 aliphatic heterocycles. The van der Waals surface area contributed by atoms with Gasteiger partial charge in [-0.3, -0.25) is 4.79 Å². The van der Waals surface area contributed by atoms with Crippen LogP contribution in [0.1, 0.15) is 116 Å². The van der Waals surface area contributed by atoms with E-state index < -0.39 is 6.04 Å². The van der Waals surface area contributed by atoms with Crippen molar-refractivity contribution in [3.63, 3.8) is 0 Å². The van der Waals surface area contributed by atoms with Gasteiger partial charge in [-0.15, -0.1) is 0 Å². The van der Waals surface area contributed by atoms with Crippen molar-refractivity contribution in [3.8, 4) is 0 Å². The minimum atomic E-state index is -0.429. The molecule has 24 heavy (non-hydrogen) atoms. The number of rotatable bonds is 18. The molecular formula is C21H43NO2. The first-order valence-electron chi connectivity index (χ1n) is 10.6. The van der Waals surface area contributed by atoms with Crippen LogP contribution in [-0.2, 0) is 9.53 Å². The lowest BCUT2D eigenvalue weighted by Gasteiger charge is -2.08. The fraction of sp³-hybridized carbons (Fsp3) is 0.952. The summed E-state index contributed by atoms with van der Waals surface area (Å²) in [4.78, 5) is 11.2. The zero-order valence-electron chi connectivity index (χ0n) is 16.5. The Hall–Kier alpha value is -0.570. The summed E-state index contributed by atoms with van der Waals surface area (Å²) in [6.45, 7) is 2.28. The molecule has 0 heterocycles. The molecule has 0 aromatic carbocycles. The second-order valence-corrected chi connectivity index (χ2v) is 7.22. The molecule has 0 aliphatic rings. The van der Waals surface area contributed by atoms with Gasteiger partial charge in [-0.1, -0.05) is 110 Å². The number of unbranched alkanes of at least 4 members (excludes halogenated alkanes) is 15. The Bertz CT molecular complexity index is 269. The number of hydrogen-bond donors (Lipinski definition) is 1. The molecule has 3 nitrogen and oxygen atoms in total. The molecule has 0 bridgehead atoms. The van der Waals surface area contributed by atoms with Crippen LogP contribution in [0.15, 0.2) is 0 Å². The monoisotopic (exact) mass is 341 g/mol. The molecule has 0 rings (SSSR count). The maximum Gasteiger partial charge on any atom is 0.322 e. The Morgan fingerprint density at radius 3 is 1.38 bits per heavy atom. The number of nitrogens with two attached hydrogens (primary N) is 1. The second kappa shape index (κ2) is 18.8. The molecule has 2 N–H and O–H groups in total. The number of esters is 1. The molecule has 3 heteroatoms. The number of carbonyl (C=O) groups is 1. The Kier molecular flexibility index (Phi) is 18.3. The van der Waals surface area contributed by atoms with Crippen molar-refractivity contribution in [2.24, 2.45) is 5.73 Å². The van der Waals surface area contributed by atoms with Gasteiger partial charge in [-0.2, -0.15) is 0 Å². The molecule has 0 saturated carbocycles. The van der Waals surface area contributed by atoms with E-state index in [4.69, 9.17) is 5.73 Å². The van der Waals surface area contributed by atoms with Crippen LogP contribution in [0.2, 0.25) is 0 Å². The molecule has 0 aromatic rings. The van der Waals surface area contributed by atoms with E-state index in [0.717, 1.165) is 12.8 Å². The average Bonchev–Trinajstić information content (AvgIpc) is 2.60. The van der Waals surface area contributed by atoms with Crippen LogP contribution in [-0.4, -0.2) is 19.1 Å². The minimum absolute atomic E-state index is 0.282. The highest BCUT2D eigenvalue weighted by molar-refractivity contribution is 5.75. The van der Waals surface area contributed by atoms with Gasteiger partial charge in [0.2, 0.25) is 0 Å². The first-order valence-corrected chi connectivity index (χ1v) is 10.6. The summed E-state index contributed by atoms with van der Waals surface area (Å²) in [7, 11) is 1.40. The Morgan fingerprint density at radius 1 is 0.708 bits per heavy atom. The van der Waals surface area contributed by atoms with Crippen LogP contribution in [0.3, 0.4) is 0 Å². The van der Waals surface area contributed by atoms with Crippen LogP contribution >= 0.6 is 0 Å². The molecule has 1 unspecified atom stereocenters. The standard InChI is InChI=1S/C21H43NO2/c1-3-4-5-6-7-8-9-10-11-12-13-14-15-16-17-18-19-20(22)21(23)24-2/h20H,3-19,22H2,1-2H3. The summed E-state index contributed by atoms with van der Waals surface area (Å²) in [6.07, 6.45) is 22.5. The minimum Gasteiger partial charge on any atom is -0.468 e. The zero-order valence-corrected chi connectivity index (χ0v) is 16.5. The third-order valence-corrected chi connectivity index (χ3v) is 4.87. The molecule has 0 fully saturated rings. The van der Waals surface area contributed by atoms with Crippen molar-refractivity contribution >= 4 is 5.97 Å². The maximum atomic E-state index is 11.2. The Morgan fingerprint density at radius 2 is 1.04 bits per heavy atom.